The highest BCUT2D eigenvalue weighted by Crippen LogP contribution is 2.26. The van der Waals surface area contributed by atoms with Crippen LogP contribution in [-0.2, 0) is 0 Å². The molecule has 0 radical (unpaired) electrons. The smallest absolute Gasteiger partial charge is 0.261 e. The molecule has 4 nitrogen and oxygen atoms in total. The highest BCUT2D eigenvalue weighted by atomic mass is 19.2. The number of ether oxygens (including phenoxy) is 1. The van der Waals surface area contributed by atoms with Crippen LogP contribution in [0.1, 0.15) is 17.3 Å². The van der Waals surface area contributed by atoms with Gasteiger partial charge in [-0.25, -0.2) is 8.78 Å². The maximum atomic E-state index is 13.6. The summed E-state index contributed by atoms with van der Waals surface area (Å²) in [4.78, 5) is 12.2. The third kappa shape index (κ3) is 3.10. The molecule has 0 saturated heterocycles. The van der Waals surface area contributed by atoms with Gasteiger partial charge in [0, 0.05) is 5.69 Å². The number of hydrogen-bond donors (Lipinski definition) is 2. The lowest BCUT2D eigenvalue weighted by Gasteiger charge is -2.13. The maximum absolute atomic E-state index is 13.6. The van der Waals surface area contributed by atoms with E-state index in [4.69, 9.17) is 10.5 Å². The Labute approximate surface area is 120 Å². The summed E-state index contributed by atoms with van der Waals surface area (Å²) in [6.45, 7) is 2.11. The number of benzene rings is 2. The number of nitrogen functional groups attached to an aromatic ring is 1. The highest BCUT2D eigenvalue weighted by Gasteiger charge is 2.18. The molecule has 2 aromatic rings. The summed E-state index contributed by atoms with van der Waals surface area (Å²) in [7, 11) is 0. The van der Waals surface area contributed by atoms with E-state index in [9.17, 15) is 13.6 Å². The van der Waals surface area contributed by atoms with Crippen LogP contribution in [-0.4, -0.2) is 12.5 Å². The SMILES string of the molecule is CCOc1cccc(N)c1C(=O)Nc1cccc(F)c1F. The minimum atomic E-state index is -1.13. The normalized spacial score (nSPS) is 10.2. The second-order valence-electron chi connectivity index (χ2n) is 4.21. The van der Waals surface area contributed by atoms with Gasteiger partial charge in [0.25, 0.3) is 5.91 Å². The first kappa shape index (κ1) is 14.8. The van der Waals surface area contributed by atoms with Crippen LogP contribution >= 0.6 is 0 Å². The standard InChI is InChI=1S/C15H14F2N2O2/c1-2-21-12-8-4-6-10(18)13(12)15(20)19-11-7-3-5-9(16)14(11)17/h3-8H,2,18H2,1H3,(H,19,20). The van der Waals surface area contributed by atoms with Gasteiger partial charge in [-0.15, -0.1) is 0 Å². The summed E-state index contributed by atoms with van der Waals surface area (Å²) in [5.41, 5.74) is 5.78. The number of nitrogens with two attached hydrogens (primary N) is 1. The lowest BCUT2D eigenvalue weighted by Crippen LogP contribution is -2.17. The van der Waals surface area contributed by atoms with Crippen molar-refractivity contribution in [2.75, 3.05) is 17.7 Å². The van der Waals surface area contributed by atoms with E-state index in [1.165, 1.54) is 18.2 Å². The molecule has 0 aliphatic rings. The maximum Gasteiger partial charge on any atom is 0.261 e. The molecule has 2 rings (SSSR count). The predicted octanol–water partition coefficient (Wildman–Crippen LogP) is 3.20. The summed E-state index contributed by atoms with van der Waals surface area (Å²) in [6, 6.07) is 8.27. The highest BCUT2D eigenvalue weighted by molar-refractivity contribution is 6.09. The van der Waals surface area contributed by atoms with Gasteiger partial charge in [0.2, 0.25) is 0 Å². The molecule has 1 amide bonds. The third-order valence-electron chi connectivity index (χ3n) is 2.79. The van der Waals surface area contributed by atoms with Crippen LogP contribution in [0, 0.1) is 11.6 Å². The van der Waals surface area contributed by atoms with Gasteiger partial charge in [-0.2, -0.15) is 0 Å². The van der Waals surface area contributed by atoms with Crippen molar-refractivity contribution in [1.29, 1.82) is 0 Å². The van der Waals surface area contributed by atoms with Gasteiger partial charge in [0.15, 0.2) is 11.6 Å². The Morgan fingerprint density at radius 2 is 1.95 bits per heavy atom. The first-order valence-electron chi connectivity index (χ1n) is 6.31. The van der Waals surface area contributed by atoms with E-state index in [1.54, 1.807) is 19.1 Å². The van der Waals surface area contributed by atoms with E-state index >= 15 is 0 Å². The van der Waals surface area contributed by atoms with Crippen molar-refractivity contribution in [3.05, 3.63) is 53.6 Å². The zero-order valence-corrected chi connectivity index (χ0v) is 11.3. The molecule has 0 spiro atoms. The van der Waals surface area contributed by atoms with E-state index in [-0.39, 0.29) is 22.7 Å². The molecule has 0 heterocycles. The van der Waals surface area contributed by atoms with E-state index in [2.05, 4.69) is 5.32 Å². The molecule has 0 saturated carbocycles. The Morgan fingerprint density at radius 3 is 2.67 bits per heavy atom. The van der Waals surface area contributed by atoms with Crippen LogP contribution < -0.4 is 15.8 Å². The number of rotatable bonds is 4. The minimum absolute atomic E-state index is 0.0861. The second kappa shape index (κ2) is 6.21. The largest absolute Gasteiger partial charge is 0.493 e. The molecule has 6 heteroatoms. The van der Waals surface area contributed by atoms with Crippen LogP contribution in [0.3, 0.4) is 0 Å². The summed E-state index contributed by atoms with van der Waals surface area (Å²) in [5.74, 6) is -2.55. The van der Waals surface area contributed by atoms with Crippen molar-refractivity contribution < 1.29 is 18.3 Å². The van der Waals surface area contributed by atoms with Crippen molar-refractivity contribution in [3.8, 4) is 5.75 Å². The topological polar surface area (TPSA) is 64.3 Å². The van der Waals surface area contributed by atoms with Gasteiger partial charge in [-0.05, 0) is 31.2 Å². The number of anilines is 2. The zero-order chi connectivity index (χ0) is 15.4. The molecule has 21 heavy (non-hydrogen) atoms. The molecule has 0 fully saturated rings. The summed E-state index contributed by atoms with van der Waals surface area (Å²) < 4.78 is 32.0. The van der Waals surface area contributed by atoms with Crippen molar-refractivity contribution in [1.82, 2.24) is 0 Å². The molecule has 110 valence electrons. The van der Waals surface area contributed by atoms with Crippen LogP contribution in [0.4, 0.5) is 20.2 Å². The monoisotopic (exact) mass is 292 g/mol. The van der Waals surface area contributed by atoms with Crippen molar-refractivity contribution in [2.45, 2.75) is 6.92 Å². The number of carbonyl (C=O) groups is 1. The third-order valence-corrected chi connectivity index (χ3v) is 2.79. The Morgan fingerprint density at radius 1 is 1.24 bits per heavy atom. The quantitative estimate of drug-likeness (QED) is 0.851. The van der Waals surface area contributed by atoms with Crippen molar-refractivity contribution in [3.63, 3.8) is 0 Å². The van der Waals surface area contributed by atoms with Gasteiger partial charge in [0.05, 0.1) is 12.3 Å². The van der Waals surface area contributed by atoms with E-state index in [0.717, 1.165) is 6.07 Å². The number of amides is 1. The van der Waals surface area contributed by atoms with E-state index in [0.29, 0.717) is 6.61 Å². The molecular weight excluding hydrogens is 278 g/mol. The van der Waals surface area contributed by atoms with Crippen molar-refractivity contribution >= 4 is 17.3 Å². The number of nitrogens with one attached hydrogen (secondary N) is 1. The lowest BCUT2D eigenvalue weighted by atomic mass is 10.1. The molecule has 0 aliphatic heterocycles. The fraction of sp³-hybridized carbons (Fsp3) is 0.133. The van der Waals surface area contributed by atoms with Gasteiger partial charge < -0.3 is 15.8 Å². The summed E-state index contributed by atoms with van der Waals surface area (Å²) >= 11 is 0. The average molecular weight is 292 g/mol. The molecule has 2 aromatic carbocycles. The molecule has 0 bridgehead atoms. The molecule has 0 aliphatic carbocycles. The average Bonchev–Trinajstić information content (AvgIpc) is 2.44. The fourth-order valence-electron chi connectivity index (χ4n) is 1.85. The minimum Gasteiger partial charge on any atom is -0.493 e. The Bertz CT molecular complexity index is 675. The van der Waals surface area contributed by atoms with Crippen LogP contribution in [0.2, 0.25) is 0 Å². The fourth-order valence-corrected chi connectivity index (χ4v) is 1.85. The summed E-state index contributed by atoms with van der Waals surface area (Å²) in [6.07, 6.45) is 0. The Balaban J connectivity index is 2.35. The number of halogens is 2. The first-order valence-corrected chi connectivity index (χ1v) is 6.31. The first-order chi connectivity index (χ1) is 10.0. The molecule has 0 aromatic heterocycles. The van der Waals surface area contributed by atoms with Crippen LogP contribution in [0.15, 0.2) is 36.4 Å². The predicted molar refractivity (Wildman–Crippen MR) is 76.3 cm³/mol. The Kier molecular flexibility index (Phi) is 4.37. The molecular formula is C15H14F2N2O2. The molecule has 0 unspecified atom stereocenters. The lowest BCUT2D eigenvalue weighted by molar-refractivity contribution is 0.102. The molecule has 0 atom stereocenters. The van der Waals surface area contributed by atoms with Crippen molar-refractivity contribution in [2.24, 2.45) is 0 Å². The Hall–Kier alpha value is -2.63. The van der Waals surface area contributed by atoms with E-state index in [1.807, 2.05) is 0 Å². The zero-order valence-electron chi connectivity index (χ0n) is 11.3. The summed E-state index contributed by atoms with van der Waals surface area (Å²) in [5, 5.41) is 2.29. The van der Waals surface area contributed by atoms with Crippen LogP contribution in [0.5, 0.6) is 5.75 Å². The van der Waals surface area contributed by atoms with Gasteiger partial charge in [-0.3, -0.25) is 4.79 Å². The van der Waals surface area contributed by atoms with Crippen LogP contribution in [0.25, 0.3) is 0 Å². The van der Waals surface area contributed by atoms with Gasteiger partial charge in [-0.1, -0.05) is 12.1 Å². The van der Waals surface area contributed by atoms with E-state index < -0.39 is 17.5 Å². The molecule has 3 N–H and O–H groups in total. The second-order valence-corrected chi connectivity index (χ2v) is 4.21. The van der Waals surface area contributed by atoms with Gasteiger partial charge in [0.1, 0.15) is 11.3 Å². The number of hydrogen-bond acceptors (Lipinski definition) is 3. The number of carbonyl (C=O) groups excluding carboxylic acids is 1. The van der Waals surface area contributed by atoms with Gasteiger partial charge >= 0.3 is 0 Å².